The van der Waals surface area contributed by atoms with Crippen molar-refractivity contribution < 1.29 is 22.6 Å². The predicted molar refractivity (Wildman–Crippen MR) is 110 cm³/mol. The largest absolute Gasteiger partial charge is 0.496 e. The maximum Gasteiger partial charge on any atom is 0.161 e. The minimum atomic E-state index is -1.20. The Hall–Kier alpha value is -2.38. The monoisotopic (exact) mass is 421 g/mol. The van der Waals surface area contributed by atoms with E-state index in [1.54, 1.807) is 18.9 Å². The number of aryl methyl sites for hydroxylation is 1. The van der Waals surface area contributed by atoms with Gasteiger partial charge < -0.3 is 15.2 Å². The first-order valence-electron chi connectivity index (χ1n) is 9.08. The van der Waals surface area contributed by atoms with Crippen molar-refractivity contribution in [3.63, 3.8) is 0 Å². The lowest BCUT2D eigenvalue weighted by Gasteiger charge is -2.28. The molecule has 3 nitrogen and oxygen atoms in total. The van der Waals surface area contributed by atoms with Gasteiger partial charge in [0.15, 0.2) is 11.6 Å². The summed E-state index contributed by atoms with van der Waals surface area (Å²) in [6.45, 7) is 0. The minimum absolute atomic E-state index is 0.0370. The number of fused-ring (bicyclic) bond motifs is 3. The Morgan fingerprint density at radius 2 is 1.76 bits per heavy atom. The Labute approximate surface area is 172 Å². The van der Waals surface area contributed by atoms with Crippen LogP contribution in [0.4, 0.5) is 13.2 Å². The molecule has 1 atom stereocenters. The van der Waals surface area contributed by atoms with Gasteiger partial charge in [-0.25, -0.2) is 13.2 Å². The molecule has 0 radical (unpaired) electrons. The molecule has 0 saturated carbocycles. The Bertz CT molecular complexity index is 1040. The standard InChI is InChI=1S/C21H17F3O2S.CH5N/c1-25-20-9-13-11(7-21(20)27-2)3-5-18-12(13)4-6-19(26-18)14-8-16(23)17(24)10-15(14)22;1-2/h3,5,7-10,19H,4,6H2,1-2H3;2H2,1H3. The molecule has 1 heterocycles. The molecule has 3 aromatic carbocycles. The zero-order valence-corrected chi connectivity index (χ0v) is 17.2. The Balaban J connectivity index is 0.00000117. The fourth-order valence-electron chi connectivity index (χ4n) is 3.55. The average Bonchev–Trinajstić information content (AvgIpc) is 2.76. The Kier molecular flexibility index (Phi) is 6.59. The molecule has 29 heavy (non-hydrogen) atoms. The maximum absolute atomic E-state index is 14.1. The lowest BCUT2D eigenvalue weighted by Crippen LogP contribution is -2.17. The highest BCUT2D eigenvalue weighted by atomic mass is 32.2. The molecule has 4 rings (SSSR count). The van der Waals surface area contributed by atoms with Gasteiger partial charge in [0.1, 0.15) is 23.4 Å². The van der Waals surface area contributed by atoms with Gasteiger partial charge in [-0.2, -0.15) is 0 Å². The van der Waals surface area contributed by atoms with Gasteiger partial charge in [-0.15, -0.1) is 11.8 Å². The van der Waals surface area contributed by atoms with Crippen LogP contribution in [0.3, 0.4) is 0 Å². The van der Waals surface area contributed by atoms with Crippen molar-refractivity contribution in [3.8, 4) is 11.5 Å². The summed E-state index contributed by atoms with van der Waals surface area (Å²) in [5.41, 5.74) is 5.55. The van der Waals surface area contributed by atoms with Crippen molar-refractivity contribution in [2.75, 3.05) is 20.4 Å². The molecule has 0 aromatic heterocycles. The van der Waals surface area contributed by atoms with Crippen LogP contribution >= 0.6 is 11.8 Å². The second-order valence-electron chi connectivity index (χ2n) is 6.40. The van der Waals surface area contributed by atoms with Gasteiger partial charge in [-0.3, -0.25) is 0 Å². The highest BCUT2D eigenvalue weighted by Crippen LogP contribution is 2.42. The average molecular weight is 421 g/mol. The highest BCUT2D eigenvalue weighted by Gasteiger charge is 2.27. The molecule has 2 N–H and O–H groups in total. The van der Waals surface area contributed by atoms with Crippen molar-refractivity contribution >= 4 is 22.5 Å². The lowest BCUT2D eigenvalue weighted by molar-refractivity contribution is 0.172. The van der Waals surface area contributed by atoms with E-state index in [1.165, 1.54) is 7.05 Å². The quantitative estimate of drug-likeness (QED) is 0.440. The van der Waals surface area contributed by atoms with Gasteiger partial charge in [0.25, 0.3) is 0 Å². The van der Waals surface area contributed by atoms with Gasteiger partial charge in [-0.1, -0.05) is 6.07 Å². The zero-order valence-electron chi connectivity index (χ0n) is 16.4. The number of nitrogens with two attached hydrogens (primary N) is 1. The molecule has 1 unspecified atom stereocenters. The molecule has 0 spiro atoms. The number of thioether (sulfide) groups is 1. The fraction of sp³-hybridized carbons (Fsp3) is 0.273. The van der Waals surface area contributed by atoms with Gasteiger partial charge >= 0.3 is 0 Å². The van der Waals surface area contributed by atoms with Crippen LogP contribution < -0.4 is 15.2 Å². The summed E-state index contributed by atoms with van der Waals surface area (Å²) < 4.78 is 52.3. The van der Waals surface area contributed by atoms with E-state index in [2.05, 4.69) is 11.8 Å². The van der Waals surface area contributed by atoms with Crippen molar-refractivity contribution in [1.29, 1.82) is 0 Å². The summed E-state index contributed by atoms with van der Waals surface area (Å²) in [5.74, 6) is -1.66. The normalized spacial score (nSPS) is 15.2. The van der Waals surface area contributed by atoms with E-state index in [9.17, 15) is 13.2 Å². The second-order valence-corrected chi connectivity index (χ2v) is 7.25. The van der Waals surface area contributed by atoms with Crippen LogP contribution in [-0.2, 0) is 6.42 Å². The minimum Gasteiger partial charge on any atom is -0.496 e. The molecule has 1 aliphatic heterocycles. The molecule has 0 bridgehead atoms. The van der Waals surface area contributed by atoms with Crippen LogP contribution in [-0.4, -0.2) is 20.4 Å². The third kappa shape index (κ3) is 4.02. The van der Waals surface area contributed by atoms with Crippen molar-refractivity contribution in [2.24, 2.45) is 5.73 Å². The number of halogens is 3. The van der Waals surface area contributed by atoms with Crippen molar-refractivity contribution in [1.82, 2.24) is 0 Å². The number of hydrogen-bond acceptors (Lipinski definition) is 4. The number of hydrogen-bond donors (Lipinski definition) is 1. The topological polar surface area (TPSA) is 44.5 Å². The van der Waals surface area contributed by atoms with E-state index < -0.39 is 23.6 Å². The first-order chi connectivity index (χ1) is 14.0. The fourth-order valence-corrected chi connectivity index (χ4v) is 4.14. The Morgan fingerprint density at radius 1 is 1.03 bits per heavy atom. The van der Waals surface area contributed by atoms with E-state index in [1.807, 2.05) is 24.5 Å². The summed E-state index contributed by atoms with van der Waals surface area (Å²) in [4.78, 5) is 1.04. The molecular weight excluding hydrogens is 399 g/mol. The summed E-state index contributed by atoms with van der Waals surface area (Å²) in [7, 11) is 3.13. The van der Waals surface area contributed by atoms with E-state index in [0.717, 1.165) is 33.0 Å². The van der Waals surface area contributed by atoms with Gasteiger partial charge in [0.05, 0.1) is 7.11 Å². The molecule has 0 amide bonds. The summed E-state index contributed by atoms with van der Waals surface area (Å²) in [6.07, 6.45) is 2.45. The van der Waals surface area contributed by atoms with Crippen LogP contribution in [0, 0.1) is 17.5 Å². The van der Waals surface area contributed by atoms with Gasteiger partial charge in [0.2, 0.25) is 0 Å². The molecule has 0 saturated heterocycles. The van der Waals surface area contributed by atoms with Crippen LogP contribution in [0.2, 0.25) is 0 Å². The summed E-state index contributed by atoms with van der Waals surface area (Å²) >= 11 is 1.61. The molecular formula is C22H22F3NO2S. The molecule has 7 heteroatoms. The molecule has 1 aliphatic rings. The van der Waals surface area contributed by atoms with E-state index >= 15 is 0 Å². The molecule has 154 valence electrons. The van der Waals surface area contributed by atoms with E-state index in [4.69, 9.17) is 9.47 Å². The number of ether oxygens (including phenoxy) is 2. The van der Waals surface area contributed by atoms with Gasteiger partial charge in [0, 0.05) is 22.1 Å². The first-order valence-corrected chi connectivity index (χ1v) is 10.3. The number of rotatable bonds is 3. The van der Waals surface area contributed by atoms with E-state index in [0.29, 0.717) is 24.7 Å². The molecule has 0 aliphatic carbocycles. The van der Waals surface area contributed by atoms with Crippen molar-refractivity contribution in [2.45, 2.75) is 23.8 Å². The summed E-state index contributed by atoms with van der Waals surface area (Å²) in [5, 5.41) is 2.09. The lowest BCUT2D eigenvalue weighted by atomic mass is 9.93. The van der Waals surface area contributed by atoms with E-state index in [-0.39, 0.29) is 5.56 Å². The summed E-state index contributed by atoms with van der Waals surface area (Å²) in [6, 6.07) is 9.30. The van der Waals surface area contributed by atoms with Crippen LogP contribution in [0.25, 0.3) is 10.8 Å². The van der Waals surface area contributed by atoms with Crippen molar-refractivity contribution in [3.05, 3.63) is 65.0 Å². The smallest absolute Gasteiger partial charge is 0.161 e. The Morgan fingerprint density at radius 3 is 2.45 bits per heavy atom. The predicted octanol–water partition coefficient (Wildman–Crippen LogP) is 5.63. The number of methoxy groups -OCH3 is 1. The van der Waals surface area contributed by atoms with Gasteiger partial charge in [-0.05, 0) is 61.2 Å². The molecule has 3 aromatic rings. The third-order valence-electron chi connectivity index (χ3n) is 4.90. The SMILES string of the molecule is CN.COc1cc2c3c(ccc2cc1SC)OC(c1cc(F)c(F)cc1F)CC3. The number of benzene rings is 3. The molecule has 0 fully saturated rings. The first kappa shape index (κ1) is 21.3. The van der Waals surface area contributed by atoms with Crippen LogP contribution in [0.15, 0.2) is 41.3 Å². The third-order valence-corrected chi connectivity index (χ3v) is 5.66. The highest BCUT2D eigenvalue weighted by molar-refractivity contribution is 7.98. The maximum atomic E-state index is 14.1. The zero-order chi connectivity index (χ0) is 21.1. The van der Waals surface area contributed by atoms with Crippen LogP contribution in [0.5, 0.6) is 11.5 Å². The second kappa shape index (κ2) is 8.97. The van der Waals surface area contributed by atoms with Crippen LogP contribution in [0.1, 0.15) is 23.7 Å².